The summed E-state index contributed by atoms with van der Waals surface area (Å²) in [5, 5.41) is 9.65. The largest absolute Gasteiger partial charge is 0.307 e. The molecule has 14 aromatic rings. The third-order valence-corrected chi connectivity index (χ3v) is 15.1. The van der Waals surface area contributed by atoms with E-state index < -0.39 is 0 Å². The molecule has 0 N–H and O–H groups in total. The van der Waals surface area contributed by atoms with Gasteiger partial charge in [-0.25, -0.2) is 4.98 Å². The molecule has 9 aromatic carbocycles. The highest BCUT2D eigenvalue weighted by Gasteiger charge is 2.24. The summed E-state index contributed by atoms with van der Waals surface area (Å²) < 4.78 is 9.84. The van der Waals surface area contributed by atoms with Crippen LogP contribution >= 0.6 is 22.7 Å². The fraction of sp³-hybridized carbons (Fsp3) is 0. The van der Waals surface area contributed by atoms with Gasteiger partial charge in [0, 0.05) is 78.7 Å². The lowest BCUT2D eigenvalue weighted by Crippen LogP contribution is -2.07. The van der Waals surface area contributed by atoms with Crippen molar-refractivity contribution < 1.29 is 0 Å². The SMILES string of the molecule is c1ccc(-c2nc(-c3ccc4sc5ccccc5c4c3)nc(-n3c4ccccc4c4ccc5c6ccccc6n(-c6cccc(-c7ccc8sc9ccccc9c8c7)c6)c5c43)n2)cc1. The van der Waals surface area contributed by atoms with Crippen LogP contribution in [0.2, 0.25) is 0 Å². The van der Waals surface area contributed by atoms with E-state index in [0.29, 0.717) is 17.6 Å². The van der Waals surface area contributed by atoms with Gasteiger partial charge >= 0.3 is 0 Å². The maximum atomic E-state index is 5.44. The number of nitrogens with zero attached hydrogens (tertiary/aromatic N) is 5. The molecule has 0 fully saturated rings. The van der Waals surface area contributed by atoms with E-state index in [0.717, 1.165) is 55.0 Å². The first-order valence-corrected chi connectivity index (χ1v) is 23.1. The molecule has 0 aliphatic carbocycles. The van der Waals surface area contributed by atoms with Gasteiger partial charge in [-0.2, -0.15) is 9.97 Å². The van der Waals surface area contributed by atoms with E-state index in [9.17, 15) is 0 Å². The van der Waals surface area contributed by atoms with Crippen LogP contribution in [-0.4, -0.2) is 24.1 Å². The molecule has 5 aromatic heterocycles. The van der Waals surface area contributed by atoms with Crippen molar-refractivity contribution >= 4 is 107 Å². The Hall–Kier alpha value is -7.97. The van der Waals surface area contributed by atoms with Crippen LogP contribution in [-0.2, 0) is 0 Å². The van der Waals surface area contributed by atoms with Gasteiger partial charge in [-0.1, -0.05) is 133 Å². The second kappa shape index (κ2) is 13.8. The Balaban J connectivity index is 1.05. The minimum Gasteiger partial charge on any atom is -0.307 e. The molecule has 0 bridgehead atoms. The van der Waals surface area contributed by atoms with E-state index in [-0.39, 0.29) is 0 Å². The molecular weight excluding hydrogens is 819 g/mol. The van der Waals surface area contributed by atoms with Crippen LogP contribution in [0.4, 0.5) is 0 Å². The molecular formula is C57H33N5S2. The van der Waals surface area contributed by atoms with Crippen LogP contribution < -0.4 is 0 Å². The summed E-state index contributed by atoms with van der Waals surface area (Å²) in [5.74, 6) is 1.82. The van der Waals surface area contributed by atoms with Gasteiger partial charge in [0.25, 0.3) is 0 Å². The summed E-state index contributed by atoms with van der Waals surface area (Å²) in [6.45, 7) is 0. The molecule has 14 rings (SSSR count). The summed E-state index contributed by atoms with van der Waals surface area (Å²) in [6, 6.07) is 72.0. The number of aromatic nitrogens is 5. The Morgan fingerprint density at radius 1 is 0.297 bits per heavy atom. The van der Waals surface area contributed by atoms with Crippen LogP contribution in [0.25, 0.3) is 129 Å². The number of para-hydroxylation sites is 2. The van der Waals surface area contributed by atoms with E-state index in [1.165, 1.54) is 56.9 Å². The highest BCUT2D eigenvalue weighted by molar-refractivity contribution is 7.26. The predicted molar refractivity (Wildman–Crippen MR) is 271 cm³/mol. The van der Waals surface area contributed by atoms with E-state index in [4.69, 9.17) is 15.0 Å². The van der Waals surface area contributed by atoms with Crippen LogP contribution in [0.5, 0.6) is 0 Å². The molecule has 5 heterocycles. The topological polar surface area (TPSA) is 48.5 Å². The molecule has 64 heavy (non-hydrogen) atoms. The maximum Gasteiger partial charge on any atom is 0.238 e. The van der Waals surface area contributed by atoms with Crippen molar-refractivity contribution in [2.24, 2.45) is 0 Å². The summed E-state index contributed by atoms with van der Waals surface area (Å²) in [5.41, 5.74) is 9.62. The summed E-state index contributed by atoms with van der Waals surface area (Å²) >= 11 is 3.66. The lowest BCUT2D eigenvalue weighted by molar-refractivity contribution is 0.953. The Bertz CT molecular complexity index is 4210. The predicted octanol–water partition coefficient (Wildman–Crippen LogP) is 15.8. The van der Waals surface area contributed by atoms with E-state index in [1.54, 1.807) is 0 Å². The van der Waals surface area contributed by atoms with Crippen molar-refractivity contribution in [3.05, 3.63) is 200 Å². The van der Waals surface area contributed by atoms with Gasteiger partial charge in [0.2, 0.25) is 5.95 Å². The fourth-order valence-corrected chi connectivity index (χ4v) is 12.1. The standard InChI is InChI=1S/C57H33N5S2/c1-2-13-34(14-3-1)55-58-56(37-26-30-52-46(33-37)42-20-7-11-24-50(42)64-52)60-57(59-55)62-48-22-9-5-18-40(48)44-28-27-43-39-17-4-8-21-47(39)61(53(43)54(44)62)38-16-12-15-35(31-38)36-25-29-51-45(32-36)41-19-6-10-23-49(41)63-51/h1-33H. The number of hydrogen-bond acceptors (Lipinski definition) is 5. The highest BCUT2D eigenvalue weighted by atomic mass is 32.1. The number of thiophene rings is 2. The van der Waals surface area contributed by atoms with E-state index in [1.807, 2.05) is 40.9 Å². The molecule has 0 radical (unpaired) electrons. The Labute approximate surface area is 374 Å². The van der Waals surface area contributed by atoms with E-state index in [2.05, 4.69) is 191 Å². The van der Waals surface area contributed by atoms with Gasteiger partial charge in [0.1, 0.15) is 0 Å². The molecule has 5 nitrogen and oxygen atoms in total. The van der Waals surface area contributed by atoms with Crippen molar-refractivity contribution in [1.29, 1.82) is 0 Å². The van der Waals surface area contributed by atoms with Crippen LogP contribution in [0.3, 0.4) is 0 Å². The molecule has 7 heteroatoms. The van der Waals surface area contributed by atoms with Crippen molar-refractivity contribution in [1.82, 2.24) is 24.1 Å². The zero-order valence-corrected chi connectivity index (χ0v) is 35.7. The Morgan fingerprint density at radius 2 is 0.781 bits per heavy atom. The van der Waals surface area contributed by atoms with Gasteiger partial charge in [-0.05, 0) is 77.9 Å². The highest BCUT2D eigenvalue weighted by Crippen LogP contribution is 2.43. The molecule has 0 amide bonds. The average molecular weight is 852 g/mol. The first kappa shape index (κ1) is 35.6. The lowest BCUT2D eigenvalue weighted by atomic mass is 10.0. The smallest absolute Gasteiger partial charge is 0.238 e. The molecule has 0 saturated heterocycles. The zero-order valence-electron chi connectivity index (χ0n) is 34.1. The first-order valence-electron chi connectivity index (χ1n) is 21.4. The van der Waals surface area contributed by atoms with Gasteiger partial charge in [0.15, 0.2) is 11.6 Å². The minimum absolute atomic E-state index is 0.569. The van der Waals surface area contributed by atoms with Gasteiger partial charge in [0.05, 0.1) is 22.1 Å². The number of rotatable bonds is 5. The normalized spacial score (nSPS) is 12.1. The van der Waals surface area contributed by atoms with Crippen LogP contribution in [0.15, 0.2) is 200 Å². The van der Waals surface area contributed by atoms with Gasteiger partial charge in [-0.15, -0.1) is 22.7 Å². The van der Waals surface area contributed by atoms with Crippen LogP contribution in [0.1, 0.15) is 0 Å². The van der Waals surface area contributed by atoms with Crippen LogP contribution in [0, 0.1) is 0 Å². The molecule has 0 atom stereocenters. The second-order valence-corrected chi connectivity index (χ2v) is 18.5. The fourth-order valence-electron chi connectivity index (χ4n) is 9.88. The summed E-state index contributed by atoms with van der Waals surface area (Å²) in [6.07, 6.45) is 0. The third-order valence-electron chi connectivity index (χ3n) is 12.8. The first-order chi connectivity index (χ1) is 31.7. The molecule has 0 aliphatic heterocycles. The molecule has 0 unspecified atom stereocenters. The summed E-state index contributed by atoms with van der Waals surface area (Å²) in [4.78, 5) is 16.0. The molecule has 0 aliphatic rings. The third kappa shape index (κ3) is 5.32. The molecule has 0 spiro atoms. The summed E-state index contributed by atoms with van der Waals surface area (Å²) in [7, 11) is 0. The molecule has 0 saturated carbocycles. The second-order valence-electron chi connectivity index (χ2n) is 16.4. The minimum atomic E-state index is 0.569. The Kier molecular flexibility index (Phi) is 7.66. The van der Waals surface area contributed by atoms with Crippen molar-refractivity contribution in [2.45, 2.75) is 0 Å². The van der Waals surface area contributed by atoms with Gasteiger partial charge < -0.3 is 4.57 Å². The van der Waals surface area contributed by atoms with Gasteiger partial charge in [-0.3, -0.25) is 4.57 Å². The maximum absolute atomic E-state index is 5.44. The van der Waals surface area contributed by atoms with Crippen molar-refractivity contribution in [3.8, 4) is 45.5 Å². The van der Waals surface area contributed by atoms with Crippen molar-refractivity contribution in [2.75, 3.05) is 0 Å². The zero-order chi connectivity index (χ0) is 41.9. The van der Waals surface area contributed by atoms with Crippen molar-refractivity contribution in [3.63, 3.8) is 0 Å². The monoisotopic (exact) mass is 851 g/mol. The average Bonchev–Trinajstić information content (AvgIpc) is 4.11. The quantitative estimate of drug-likeness (QED) is 0.173. The number of benzene rings is 9. The van der Waals surface area contributed by atoms with E-state index >= 15 is 0 Å². The Morgan fingerprint density at radius 3 is 1.45 bits per heavy atom. The molecule has 298 valence electrons. The lowest BCUT2D eigenvalue weighted by Gasteiger charge is -2.14. The number of fused-ring (bicyclic) bond motifs is 13. The number of hydrogen-bond donors (Lipinski definition) is 0.